The van der Waals surface area contributed by atoms with Gasteiger partial charge < -0.3 is 18.9 Å². The van der Waals surface area contributed by atoms with E-state index in [2.05, 4.69) is 18.5 Å². The lowest BCUT2D eigenvalue weighted by Crippen LogP contribution is -2.39. The summed E-state index contributed by atoms with van der Waals surface area (Å²) in [6.07, 6.45) is 5.28. The first kappa shape index (κ1) is 27.9. The fraction of sp³-hybridized carbons (Fsp3) is 0.300. The molecular weight excluding hydrogens is 516 g/mol. The van der Waals surface area contributed by atoms with E-state index >= 15 is 0 Å². The number of rotatable bonds is 11. The van der Waals surface area contributed by atoms with Crippen LogP contribution in [0.25, 0.3) is 6.08 Å². The Morgan fingerprint density at radius 3 is 2.56 bits per heavy atom. The topological polar surface area (TPSA) is 88.4 Å². The number of unbranched alkanes of at least 4 members (excludes halogenated alkanes) is 1. The Morgan fingerprint density at radius 1 is 1.13 bits per heavy atom. The van der Waals surface area contributed by atoms with Gasteiger partial charge >= 0.3 is 5.97 Å². The highest BCUT2D eigenvalue weighted by Crippen LogP contribution is 2.32. The van der Waals surface area contributed by atoms with Gasteiger partial charge in [0.2, 0.25) is 0 Å². The second kappa shape index (κ2) is 12.6. The van der Waals surface area contributed by atoms with Crippen molar-refractivity contribution in [3.05, 3.63) is 97.2 Å². The molecule has 39 heavy (non-hydrogen) atoms. The zero-order chi connectivity index (χ0) is 27.9. The van der Waals surface area contributed by atoms with Gasteiger partial charge in [-0.05, 0) is 54.8 Å². The van der Waals surface area contributed by atoms with Crippen molar-refractivity contribution < 1.29 is 23.7 Å². The minimum Gasteiger partial charge on any atom is -0.497 e. The number of ether oxygens (including phenoxy) is 4. The molecule has 0 saturated carbocycles. The maximum Gasteiger partial charge on any atom is 0.338 e. The first-order valence-electron chi connectivity index (χ1n) is 12.7. The number of allylic oxidation sites excluding steroid dienone is 1. The number of hydrogen-bond acceptors (Lipinski definition) is 8. The van der Waals surface area contributed by atoms with Gasteiger partial charge in [0.05, 0.1) is 42.7 Å². The van der Waals surface area contributed by atoms with Crippen LogP contribution in [0.3, 0.4) is 0 Å². The van der Waals surface area contributed by atoms with Gasteiger partial charge in [-0.15, -0.1) is 0 Å². The van der Waals surface area contributed by atoms with Gasteiger partial charge in [-0.2, -0.15) is 0 Å². The van der Waals surface area contributed by atoms with Gasteiger partial charge in [0.15, 0.2) is 16.3 Å². The summed E-state index contributed by atoms with van der Waals surface area (Å²) in [6, 6.07) is 12.1. The molecule has 0 amide bonds. The van der Waals surface area contributed by atoms with Gasteiger partial charge in [-0.25, -0.2) is 9.79 Å². The van der Waals surface area contributed by atoms with Crippen LogP contribution in [0.4, 0.5) is 0 Å². The second-order valence-electron chi connectivity index (χ2n) is 8.85. The Balaban J connectivity index is 1.82. The Bertz CT molecular complexity index is 1570. The Kier molecular flexibility index (Phi) is 9.03. The van der Waals surface area contributed by atoms with Crippen molar-refractivity contribution >= 4 is 23.4 Å². The van der Waals surface area contributed by atoms with E-state index in [9.17, 15) is 9.59 Å². The third-order valence-electron chi connectivity index (χ3n) is 6.25. The Hall–Kier alpha value is -4.11. The highest BCUT2D eigenvalue weighted by atomic mass is 32.1. The molecular formula is C30H32N2O6S. The molecule has 1 atom stereocenters. The molecule has 1 aliphatic heterocycles. The van der Waals surface area contributed by atoms with E-state index in [0.717, 1.165) is 24.0 Å². The Labute approximate surface area is 231 Å². The zero-order valence-corrected chi connectivity index (χ0v) is 23.4. The summed E-state index contributed by atoms with van der Waals surface area (Å²) in [4.78, 5) is 32.1. The lowest BCUT2D eigenvalue weighted by atomic mass is 9.96. The third-order valence-corrected chi connectivity index (χ3v) is 7.23. The average Bonchev–Trinajstić information content (AvgIpc) is 3.25. The molecule has 0 spiro atoms. The number of aromatic nitrogens is 1. The van der Waals surface area contributed by atoms with Gasteiger partial charge in [0, 0.05) is 0 Å². The molecule has 0 aliphatic carbocycles. The van der Waals surface area contributed by atoms with Gasteiger partial charge in [0.25, 0.3) is 5.56 Å². The van der Waals surface area contributed by atoms with E-state index in [0.29, 0.717) is 44.5 Å². The SMILES string of the molecule is C=CCOC(=O)C1=C(C)N=c2s/c(=C/c3ccc(OCCCC)c(OC)c3)c(=O)n2C1c1ccc(OC)cc1. The van der Waals surface area contributed by atoms with Crippen LogP contribution in [-0.2, 0) is 9.53 Å². The summed E-state index contributed by atoms with van der Waals surface area (Å²) in [6.45, 7) is 8.13. The number of esters is 1. The zero-order valence-electron chi connectivity index (χ0n) is 22.6. The first-order valence-corrected chi connectivity index (χ1v) is 13.5. The molecule has 3 aromatic rings. The number of thiazole rings is 1. The number of carbonyl (C=O) groups is 1. The van der Waals surface area contributed by atoms with Gasteiger partial charge in [0.1, 0.15) is 12.4 Å². The van der Waals surface area contributed by atoms with Crippen molar-refractivity contribution in [2.24, 2.45) is 4.99 Å². The maximum atomic E-state index is 13.8. The van der Waals surface area contributed by atoms with Crippen LogP contribution in [0.2, 0.25) is 0 Å². The van der Waals surface area contributed by atoms with Gasteiger partial charge in [-0.1, -0.05) is 55.5 Å². The minimum atomic E-state index is -0.713. The second-order valence-corrected chi connectivity index (χ2v) is 9.86. The van der Waals surface area contributed by atoms with E-state index in [1.165, 1.54) is 17.4 Å². The smallest absolute Gasteiger partial charge is 0.338 e. The first-order chi connectivity index (χ1) is 18.9. The van der Waals surface area contributed by atoms with E-state index < -0.39 is 12.0 Å². The molecule has 0 radical (unpaired) electrons. The molecule has 0 N–H and O–H groups in total. The fourth-order valence-electron chi connectivity index (χ4n) is 4.27. The molecule has 4 rings (SSSR count). The number of hydrogen-bond donors (Lipinski definition) is 0. The quantitative estimate of drug-likeness (QED) is 0.203. The molecule has 1 unspecified atom stereocenters. The normalized spacial score (nSPS) is 14.9. The van der Waals surface area contributed by atoms with Crippen LogP contribution in [0.15, 0.2) is 76.2 Å². The van der Waals surface area contributed by atoms with Crippen molar-refractivity contribution in [3.8, 4) is 17.2 Å². The van der Waals surface area contributed by atoms with Crippen LogP contribution in [-0.4, -0.2) is 38.0 Å². The number of carbonyl (C=O) groups excluding carboxylic acids is 1. The number of fused-ring (bicyclic) bond motifs is 1. The molecule has 0 saturated heterocycles. The highest BCUT2D eigenvalue weighted by Gasteiger charge is 2.33. The van der Waals surface area contributed by atoms with E-state index in [4.69, 9.17) is 18.9 Å². The number of nitrogens with zero attached hydrogens (tertiary/aromatic N) is 2. The lowest BCUT2D eigenvalue weighted by molar-refractivity contribution is -0.138. The lowest BCUT2D eigenvalue weighted by Gasteiger charge is -2.24. The molecule has 1 aliphatic rings. The molecule has 8 nitrogen and oxygen atoms in total. The van der Waals surface area contributed by atoms with Crippen LogP contribution >= 0.6 is 11.3 Å². The molecule has 204 valence electrons. The average molecular weight is 549 g/mol. The van der Waals surface area contributed by atoms with Crippen LogP contribution in [0.1, 0.15) is 43.9 Å². The van der Waals surface area contributed by atoms with Crippen LogP contribution in [0, 0.1) is 0 Å². The van der Waals surface area contributed by atoms with E-state index in [-0.39, 0.29) is 12.2 Å². The summed E-state index contributed by atoms with van der Waals surface area (Å²) in [5, 5.41) is 0. The number of methoxy groups -OCH3 is 2. The predicted octanol–water partition coefficient (Wildman–Crippen LogP) is 4.16. The van der Waals surface area contributed by atoms with Crippen LogP contribution < -0.4 is 29.1 Å². The monoisotopic (exact) mass is 548 g/mol. The van der Waals surface area contributed by atoms with E-state index in [1.807, 2.05) is 30.3 Å². The minimum absolute atomic E-state index is 0.0509. The van der Waals surface area contributed by atoms with Crippen molar-refractivity contribution in [2.75, 3.05) is 27.4 Å². The number of benzene rings is 2. The largest absolute Gasteiger partial charge is 0.497 e. The third kappa shape index (κ3) is 5.98. The molecule has 1 aromatic heterocycles. The summed E-state index contributed by atoms with van der Waals surface area (Å²) in [5.74, 6) is 1.36. The van der Waals surface area contributed by atoms with Crippen molar-refractivity contribution in [1.29, 1.82) is 0 Å². The molecule has 0 fully saturated rings. The maximum absolute atomic E-state index is 13.8. The molecule has 2 aromatic carbocycles. The van der Waals surface area contributed by atoms with Crippen molar-refractivity contribution in [2.45, 2.75) is 32.7 Å². The van der Waals surface area contributed by atoms with Crippen LogP contribution in [0.5, 0.6) is 17.2 Å². The summed E-state index contributed by atoms with van der Waals surface area (Å²) < 4.78 is 24.1. The summed E-state index contributed by atoms with van der Waals surface area (Å²) in [7, 11) is 3.17. The molecule has 2 heterocycles. The Morgan fingerprint density at radius 2 is 1.90 bits per heavy atom. The molecule has 0 bridgehead atoms. The standard InChI is InChI=1S/C30H32N2O6S/c1-6-8-16-37-23-14-9-20(17-24(23)36-5)18-25-28(33)32-27(21-10-12-22(35-4)13-11-21)26(29(34)38-15-7-2)19(3)31-30(32)39-25/h7,9-14,17-18,27H,2,6,8,15-16H2,1,3-5H3/b25-18+. The van der Waals surface area contributed by atoms with Gasteiger partial charge in [-0.3, -0.25) is 9.36 Å². The van der Waals surface area contributed by atoms with E-state index in [1.54, 1.807) is 43.9 Å². The highest BCUT2D eigenvalue weighted by molar-refractivity contribution is 7.07. The van der Waals surface area contributed by atoms with Crippen molar-refractivity contribution in [1.82, 2.24) is 4.57 Å². The fourth-order valence-corrected chi connectivity index (χ4v) is 5.31. The molecule has 9 heteroatoms. The summed E-state index contributed by atoms with van der Waals surface area (Å²) >= 11 is 1.26. The summed E-state index contributed by atoms with van der Waals surface area (Å²) in [5.41, 5.74) is 2.05. The van der Waals surface area contributed by atoms with Crippen molar-refractivity contribution in [3.63, 3.8) is 0 Å². The predicted molar refractivity (Wildman–Crippen MR) is 151 cm³/mol.